The van der Waals surface area contributed by atoms with Crippen LogP contribution in [0.2, 0.25) is 0 Å². The molecule has 1 heterocycles. The van der Waals surface area contributed by atoms with Crippen molar-refractivity contribution in [3.05, 3.63) is 0 Å². The molecule has 0 aromatic heterocycles. The van der Waals surface area contributed by atoms with Crippen molar-refractivity contribution in [2.75, 3.05) is 13.1 Å². The van der Waals surface area contributed by atoms with Crippen LogP contribution in [-0.2, 0) is 9.53 Å². The van der Waals surface area contributed by atoms with Gasteiger partial charge in [0.15, 0.2) is 0 Å². The summed E-state index contributed by atoms with van der Waals surface area (Å²) in [6, 6.07) is 0. The lowest BCUT2D eigenvalue weighted by Gasteiger charge is -2.22. The van der Waals surface area contributed by atoms with E-state index in [1.807, 2.05) is 0 Å². The Morgan fingerprint density at radius 3 is 2.53 bits per heavy atom. The lowest BCUT2D eigenvalue weighted by atomic mass is 9.89. The predicted molar refractivity (Wildman–Crippen MR) is 58.9 cm³/mol. The summed E-state index contributed by atoms with van der Waals surface area (Å²) in [6.07, 6.45) is 5.13. The number of nitrogens with one attached hydrogen (secondary N) is 1. The third-order valence-corrected chi connectivity index (χ3v) is 3.59. The van der Waals surface area contributed by atoms with Gasteiger partial charge in [0, 0.05) is 6.54 Å². The summed E-state index contributed by atoms with van der Waals surface area (Å²) in [7, 11) is 0. The molecule has 2 rings (SSSR count). The Morgan fingerprint density at radius 2 is 1.94 bits per heavy atom. The van der Waals surface area contributed by atoms with Crippen LogP contribution in [0.3, 0.4) is 0 Å². The quantitative estimate of drug-likeness (QED) is 0.773. The minimum absolute atomic E-state index is 0.345. The van der Waals surface area contributed by atoms with Crippen molar-refractivity contribution in [3.63, 3.8) is 0 Å². The molecule has 3 nitrogen and oxygen atoms in total. The van der Waals surface area contributed by atoms with Gasteiger partial charge in [0.05, 0.1) is 6.42 Å². The summed E-state index contributed by atoms with van der Waals surface area (Å²) in [5.74, 6) is -4.00. The molecule has 1 saturated heterocycles. The Kier molecular flexibility index (Phi) is 3.97. The first kappa shape index (κ1) is 12.7. The first-order chi connectivity index (χ1) is 8.08. The van der Waals surface area contributed by atoms with E-state index in [9.17, 15) is 13.6 Å². The molecular formula is C12H19F2NO2. The zero-order chi connectivity index (χ0) is 12.3. The van der Waals surface area contributed by atoms with Gasteiger partial charge >= 0.3 is 11.9 Å². The average Bonchev–Trinajstić information content (AvgIpc) is 2.54. The Balaban J connectivity index is 1.64. The van der Waals surface area contributed by atoms with Crippen molar-refractivity contribution in [2.24, 2.45) is 5.92 Å². The van der Waals surface area contributed by atoms with Crippen molar-refractivity contribution in [3.8, 4) is 0 Å². The number of halogens is 2. The first-order valence-electron chi connectivity index (χ1n) is 6.37. The molecule has 0 aromatic carbocycles. The second-order valence-electron chi connectivity index (χ2n) is 5.10. The number of carbonyl (C=O) groups is 1. The summed E-state index contributed by atoms with van der Waals surface area (Å²) >= 11 is 0. The van der Waals surface area contributed by atoms with Crippen LogP contribution in [0, 0.1) is 5.92 Å². The van der Waals surface area contributed by atoms with E-state index in [0.717, 1.165) is 6.54 Å². The third-order valence-electron chi connectivity index (χ3n) is 3.59. The van der Waals surface area contributed by atoms with Gasteiger partial charge < -0.3 is 10.1 Å². The predicted octanol–water partition coefficient (Wildman–Crippen LogP) is 2.11. The van der Waals surface area contributed by atoms with E-state index in [4.69, 9.17) is 0 Å². The number of rotatable bonds is 4. The average molecular weight is 247 g/mol. The minimum Gasteiger partial charge on any atom is -0.456 e. The maximum absolute atomic E-state index is 12.9. The van der Waals surface area contributed by atoms with Gasteiger partial charge in [-0.05, 0) is 25.3 Å². The highest BCUT2D eigenvalue weighted by molar-refractivity contribution is 5.79. The number of cyclic esters (lactones) is 1. The molecule has 0 spiro atoms. The van der Waals surface area contributed by atoms with Crippen molar-refractivity contribution in [1.82, 2.24) is 5.32 Å². The molecule has 1 saturated carbocycles. The molecule has 2 aliphatic rings. The number of esters is 1. The molecule has 0 amide bonds. The van der Waals surface area contributed by atoms with E-state index in [0.29, 0.717) is 12.5 Å². The zero-order valence-corrected chi connectivity index (χ0v) is 9.88. The lowest BCUT2D eigenvalue weighted by molar-refractivity contribution is -0.159. The Morgan fingerprint density at radius 1 is 1.24 bits per heavy atom. The fourth-order valence-electron chi connectivity index (χ4n) is 2.60. The van der Waals surface area contributed by atoms with E-state index in [-0.39, 0.29) is 0 Å². The molecule has 0 bridgehead atoms. The largest absolute Gasteiger partial charge is 0.456 e. The van der Waals surface area contributed by atoms with Crippen LogP contribution in [0.4, 0.5) is 8.78 Å². The van der Waals surface area contributed by atoms with Crippen LogP contribution in [0.25, 0.3) is 0 Å². The zero-order valence-electron chi connectivity index (χ0n) is 9.88. The van der Waals surface area contributed by atoms with Gasteiger partial charge in [0.2, 0.25) is 0 Å². The number of ether oxygens (including phenoxy) is 1. The van der Waals surface area contributed by atoms with Crippen LogP contribution in [0.5, 0.6) is 0 Å². The van der Waals surface area contributed by atoms with Gasteiger partial charge in [0.1, 0.15) is 6.10 Å². The summed E-state index contributed by atoms with van der Waals surface area (Å²) in [4.78, 5) is 10.8. The van der Waals surface area contributed by atoms with Crippen LogP contribution < -0.4 is 5.32 Å². The number of hydrogen-bond acceptors (Lipinski definition) is 3. The summed E-state index contributed by atoms with van der Waals surface area (Å²) < 4.78 is 30.3. The van der Waals surface area contributed by atoms with Crippen molar-refractivity contribution >= 4 is 5.97 Å². The molecule has 0 radical (unpaired) electrons. The normalized spacial score (nSPS) is 29.3. The Bertz CT molecular complexity index is 278. The fourth-order valence-corrected chi connectivity index (χ4v) is 2.60. The molecule has 5 heteroatoms. The highest BCUT2D eigenvalue weighted by Gasteiger charge is 2.50. The van der Waals surface area contributed by atoms with Gasteiger partial charge in [0.25, 0.3) is 0 Å². The first-order valence-corrected chi connectivity index (χ1v) is 6.37. The number of carbonyl (C=O) groups excluding carboxylic acids is 1. The molecular weight excluding hydrogens is 228 g/mol. The highest BCUT2D eigenvalue weighted by Crippen LogP contribution is 2.30. The molecule has 1 atom stereocenters. The van der Waals surface area contributed by atoms with Crippen molar-refractivity contribution in [2.45, 2.75) is 50.6 Å². The molecule has 98 valence electrons. The molecule has 1 aliphatic heterocycles. The van der Waals surface area contributed by atoms with Crippen molar-refractivity contribution < 1.29 is 18.3 Å². The second-order valence-corrected chi connectivity index (χ2v) is 5.10. The standard InChI is InChI=1S/C12H19F2NO2/c13-12(14)6-10(17-11(12)16)8-15-7-9-4-2-1-3-5-9/h9-10,15H,1-8H2. The number of alkyl halides is 2. The summed E-state index contributed by atoms with van der Waals surface area (Å²) in [5, 5.41) is 3.14. The smallest absolute Gasteiger partial charge is 0.377 e. The molecule has 1 N–H and O–H groups in total. The van der Waals surface area contributed by atoms with E-state index in [1.54, 1.807) is 0 Å². The minimum atomic E-state index is -3.28. The Hall–Kier alpha value is -0.710. The Labute approximate surface area is 99.9 Å². The topological polar surface area (TPSA) is 38.3 Å². The molecule has 17 heavy (non-hydrogen) atoms. The summed E-state index contributed by atoms with van der Waals surface area (Å²) in [5.41, 5.74) is 0. The van der Waals surface area contributed by atoms with Crippen LogP contribution in [0.1, 0.15) is 38.5 Å². The molecule has 2 fully saturated rings. The van der Waals surface area contributed by atoms with E-state index < -0.39 is 24.4 Å². The van der Waals surface area contributed by atoms with E-state index >= 15 is 0 Å². The summed E-state index contributed by atoms with van der Waals surface area (Å²) in [6.45, 7) is 1.19. The highest BCUT2D eigenvalue weighted by atomic mass is 19.3. The third kappa shape index (κ3) is 3.37. The number of hydrogen-bond donors (Lipinski definition) is 1. The van der Waals surface area contributed by atoms with Gasteiger partial charge in [-0.15, -0.1) is 0 Å². The molecule has 0 aromatic rings. The lowest BCUT2D eigenvalue weighted by Crippen LogP contribution is -2.31. The monoisotopic (exact) mass is 247 g/mol. The van der Waals surface area contributed by atoms with Crippen molar-refractivity contribution in [1.29, 1.82) is 0 Å². The van der Waals surface area contributed by atoms with Gasteiger partial charge in [-0.25, -0.2) is 4.79 Å². The van der Waals surface area contributed by atoms with Gasteiger partial charge in [-0.1, -0.05) is 19.3 Å². The van der Waals surface area contributed by atoms with Crippen LogP contribution in [0.15, 0.2) is 0 Å². The van der Waals surface area contributed by atoms with Gasteiger partial charge in [-0.2, -0.15) is 8.78 Å². The molecule has 1 unspecified atom stereocenters. The van der Waals surface area contributed by atoms with Crippen LogP contribution >= 0.6 is 0 Å². The maximum atomic E-state index is 12.9. The maximum Gasteiger partial charge on any atom is 0.377 e. The molecule has 1 aliphatic carbocycles. The second kappa shape index (κ2) is 5.29. The fraction of sp³-hybridized carbons (Fsp3) is 0.917. The van der Waals surface area contributed by atoms with Gasteiger partial charge in [-0.3, -0.25) is 0 Å². The van der Waals surface area contributed by atoms with Crippen LogP contribution in [-0.4, -0.2) is 31.1 Å². The van der Waals surface area contributed by atoms with E-state index in [1.165, 1.54) is 32.1 Å². The SMILES string of the molecule is O=C1OC(CNCC2CCCCC2)CC1(F)F. The van der Waals surface area contributed by atoms with E-state index in [2.05, 4.69) is 10.1 Å².